The Bertz CT molecular complexity index is 590. The van der Waals surface area contributed by atoms with Gasteiger partial charge in [0, 0.05) is 6.54 Å². The number of methoxy groups -OCH3 is 2. The van der Waals surface area contributed by atoms with E-state index in [0.717, 1.165) is 33.5 Å². The Labute approximate surface area is 120 Å². The Morgan fingerprint density at radius 1 is 1.33 bits per heavy atom. The number of nitrogens with zero attached hydrogens (tertiary/aromatic N) is 3. The first-order valence-corrected chi connectivity index (χ1v) is 6.41. The average Bonchev–Trinajstić information content (AvgIpc) is 2.80. The molecule has 1 aromatic heterocycles. The van der Waals surface area contributed by atoms with Crippen molar-refractivity contribution in [2.45, 2.75) is 25.8 Å². The van der Waals surface area contributed by atoms with Gasteiger partial charge in [-0.25, -0.2) is 9.59 Å². The van der Waals surface area contributed by atoms with Crippen LogP contribution >= 0.6 is 0 Å². The van der Waals surface area contributed by atoms with Gasteiger partial charge in [-0.15, -0.1) is 0 Å². The minimum atomic E-state index is -0.959. The first-order valence-electron chi connectivity index (χ1n) is 6.41. The number of rotatable bonds is 5. The molecule has 21 heavy (non-hydrogen) atoms. The largest absolute Gasteiger partial charge is 0.464 e. The van der Waals surface area contributed by atoms with E-state index in [9.17, 15) is 19.7 Å². The van der Waals surface area contributed by atoms with Crippen molar-refractivity contribution in [2.24, 2.45) is 5.92 Å². The van der Waals surface area contributed by atoms with Gasteiger partial charge in [-0.3, -0.25) is 14.8 Å². The maximum Gasteiger partial charge on any atom is 0.365 e. The summed E-state index contributed by atoms with van der Waals surface area (Å²) in [5.41, 5.74) is -1.48. The molecule has 0 saturated heterocycles. The summed E-state index contributed by atoms with van der Waals surface area (Å²) in [4.78, 5) is 33.8. The number of carbonyl (C=O) groups is 2. The second-order valence-corrected chi connectivity index (χ2v) is 4.77. The summed E-state index contributed by atoms with van der Waals surface area (Å²) in [5, 5.41) is 15.1. The van der Waals surface area contributed by atoms with E-state index >= 15 is 0 Å². The Morgan fingerprint density at radius 2 is 1.95 bits per heavy atom. The lowest BCUT2D eigenvalue weighted by Crippen LogP contribution is -2.22. The second kappa shape index (κ2) is 5.90. The molecule has 0 N–H and O–H groups in total. The fraction of sp³-hybridized carbons (Fsp3) is 0.583. The second-order valence-electron chi connectivity index (χ2n) is 4.77. The minimum Gasteiger partial charge on any atom is -0.464 e. The van der Waals surface area contributed by atoms with Crippen molar-refractivity contribution in [3.05, 3.63) is 21.5 Å². The molecule has 9 heteroatoms. The van der Waals surface area contributed by atoms with Crippen LogP contribution in [0, 0.1) is 16.0 Å². The molecule has 0 spiro atoms. The highest BCUT2D eigenvalue weighted by molar-refractivity contribution is 6.00. The molecule has 2 rings (SSSR count). The van der Waals surface area contributed by atoms with E-state index in [1.807, 2.05) is 0 Å². The number of ether oxygens (including phenoxy) is 2. The zero-order valence-corrected chi connectivity index (χ0v) is 11.7. The molecule has 0 atom stereocenters. The van der Waals surface area contributed by atoms with Gasteiger partial charge in [-0.1, -0.05) is 6.42 Å². The molecule has 0 unspecified atom stereocenters. The molecule has 1 aliphatic carbocycles. The van der Waals surface area contributed by atoms with Crippen molar-refractivity contribution >= 4 is 17.6 Å². The number of nitro groups is 1. The van der Waals surface area contributed by atoms with E-state index in [1.165, 1.54) is 4.68 Å². The van der Waals surface area contributed by atoms with Crippen molar-refractivity contribution in [3.8, 4) is 0 Å². The monoisotopic (exact) mass is 297 g/mol. The fourth-order valence-corrected chi connectivity index (χ4v) is 2.21. The first-order chi connectivity index (χ1) is 9.99. The first kappa shape index (κ1) is 14.9. The van der Waals surface area contributed by atoms with Crippen LogP contribution in [-0.2, 0) is 16.0 Å². The predicted molar refractivity (Wildman–Crippen MR) is 68.9 cm³/mol. The van der Waals surface area contributed by atoms with E-state index in [4.69, 9.17) is 0 Å². The third kappa shape index (κ3) is 2.71. The molecule has 9 nitrogen and oxygen atoms in total. The van der Waals surface area contributed by atoms with Crippen molar-refractivity contribution in [3.63, 3.8) is 0 Å². The van der Waals surface area contributed by atoms with Gasteiger partial charge in [-0.05, 0) is 18.8 Å². The van der Waals surface area contributed by atoms with Crippen LogP contribution in [0.5, 0.6) is 0 Å². The highest BCUT2D eigenvalue weighted by atomic mass is 16.6. The smallest absolute Gasteiger partial charge is 0.365 e. The fourth-order valence-electron chi connectivity index (χ4n) is 2.21. The van der Waals surface area contributed by atoms with Gasteiger partial charge in [0.2, 0.25) is 11.4 Å². The van der Waals surface area contributed by atoms with Crippen LogP contribution in [-0.4, -0.2) is 40.9 Å². The highest BCUT2D eigenvalue weighted by Gasteiger charge is 2.38. The standard InChI is InChI=1S/C12H15N3O6/c1-20-11(16)8-9(15(18)19)10(12(17)21-2)14(13-8)6-7-4-3-5-7/h7H,3-6H2,1-2H3. The number of hydrogen-bond donors (Lipinski definition) is 0. The van der Waals surface area contributed by atoms with E-state index in [0.29, 0.717) is 12.5 Å². The van der Waals surface area contributed by atoms with Crippen molar-refractivity contribution in [1.82, 2.24) is 9.78 Å². The van der Waals surface area contributed by atoms with E-state index in [2.05, 4.69) is 14.6 Å². The topological polar surface area (TPSA) is 114 Å². The third-order valence-electron chi connectivity index (χ3n) is 3.52. The lowest BCUT2D eigenvalue weighted by molar-refractivity contribution is -0.385. The molecule has 0 radical (unpaired) electrons. The lowest BCUT2D eigenvalue weighted by atomic mass is 9.85. The number of hydrogen-bond acceptors (Lipinski definition) is 7. The van der Waals surface area contributed by atoms with Crippen LogP contribution in [0.4, 0.5) is 5.69 Å². The van der Waals surface area contributed by atoms with Gasteiger partial charge in [0.1, 0.15) is 0 Å². The molecule has 0 aromatic carbocycles. The normalized spacial score (nSPS) is 14.4. The Morgan fingerprint density at radius 3 is 2.38 bits per heavy atom. The van der Waals surface area contributed by atoms with Crippen LogP contribution in [0.1, 0.15) is 40.2 Å². The summed E-state index contributed by atoms with van der Waals surface area (Å²) in [5.74, 6) is -1.57. The van der Waals surface area contributed by atoms with Crippen LogP contribution < -0.4 is 0 Å². The zero-order valence-electron chi connectivity index (χ0n) is 11.7. The number of esters is 2. The van der Waals surface area contributed by atoms with Crippen molar-refractivity contribution in [2.75, 3.05) is 14.2 Å². The van der Waals surface area contributed by atoms with Gasteiger partial charge in [-0.2, -0.15) is 5.10 Å². The highest BCUT2D eigenvalue weighted by Crippen LogP contribution is 2.31. The van der Waals surface area contributed by atoms with Gasteiger partial charge in [0.15, 0.2) is 0 Å². The Balaban J connectivity index is 2.53. The summed E-state index contributed by atoms with van der Waals surface area (Å²) in [6.07, 6.45) is 3.00. The van der Waals surface area contributed by atoms with Crippen LogP contribution in [0.3, 0.4) is 0 Å². The Hall–Kier alpha value is -2.45. The average molecular weight is 297 g/mol. The summed E-state index contributed by atoms with van der Waals surface area (Å²) in [6.45, 7) is 0.336. The number of carbonyl (C=O) groups excluding carboxylic acids is 2. The maximum atomic E-state index is 11.8. The van der Waals surface area contributed by atoms with Crippen molar-refractivity contribution < 1.29 is 24.0 Å². The van der Waals surface area contributed by atoms with Crippen LogP contribution in [0.15, 0.2) is 0 Å². The maximum absolute atomic E-state index is 11.8. The molecule has 1 fully saturated rings. The summed E-state index contributed by atoms with van der Waals surface area (Å²) in [6, 6.07) is 0. The van der Waals surface area contributed by atoms with Gasteiger partial charge in [0.25, 0.3) is 0 Å². The van der Waals surface area contributed by atoms with E-state index in [-0.39, 0.29) is 5.69 Å². The predicted octanol–water partition coefficient (Wildman–Crippen LogP) is 1.16. The SMILES string of the molecule is COC(=O)c1nn(CC2CCC2)c(C(=O)OC)c1[N+](=O)[O-]. The molecule has 0 aliphatic heterocycles. The lowest BCUT2D eigenvalue weighted by Gasteiger charge is -2.25. The van der Waals surface area contributed by atoms with E-state index < -0.39 is 28.2 Å². The summed E-state index contributed by atoms with van der Waals surface area (Å²) < 4.78 is 10.2. The number of aromatic nitrogens is 2. The summed E-state index contributed by atoms with van der Waals surface area (Å²) >= 11 is 0. The van der Waals surface area contributed by atoms with Crippen LogP contribution in [0.2, 0.25) is 0 Å². The molecule has 1 saturated carbocycles. The molecular weight excluding hydrogens is 282 g/mol. The van der Waals surface area contributed by atoms with E-state index in [1.54, 1.807) is 0 Å². The quantitative estimate of drug-likeness (QED) is 0.455. The molecule has 0 amide bonds. The van der Waals surface area contributed by atoms with Crippen LogP contribution in [0.25, 0.3) is 0 Å². The molecule has 1 aliphatic rings. The van der Waals surface area contributed by atoms with Crippen molar-refractivity contribution in [1.29, 1.82) is 0 Å². The molecule has 114 valence electrons. The third-order valence-corrected chi connectivity index (χ3v) is 3.52. The minimum absolute atomic E-state index is 0.290. The van der Waals surface area contributed by atoms with Gasteiger partial charge >= 0.3 is 17.6 Å². The van der Waals surface area contributed by atoms with Gasteiger partial charge < -0.3 is 9.47 Å². The summed E-state index contributed by atoms with van der Waals surface area (Å²) in [7, 11) is 2.21. The molecular formula is C12H15N3O6. The molecule has 1 aromatic rings. The molecule has 1 heterocycles. The molecule has 0 bridgehead atoms. The zero-order chi connectivity index (χ0) is 15.6. The Kier molecular flexibility index (Phi) is 4.20. The van der Waals surface area contributed by atoms with Gasteiger partial charge in [0.05, 0.1) is 19.1 Å².